The number of allylic oxidation sites excluding steroid dienone is 25. The molecule has 0 radical (unpaired) electrons. The lowest BCUT2D eigenvalue weighted by Crippen LogP contribution is -2.37. The van der Waals surface area contributed by atoms with Crippen LogP contribution in [-0.2, 0) is 32.7 Å². The number of likely N-dealkylation sites (N-methyl/N-ethyl adjacent to an activating group) is 1. The molecule has 0 aromatic carbocycles. The number of carbonyl (C=O) groups is 2. The van der Waals surface area contributed by atoms with E-state index in [1.165, 1.54) is 70.6 Å². The third-order valence-electron chi connectivity index (χ3n) is 12.1. The van der Waals surface area contributed by atoms with Crippen LogP contribution in [0.4, 0.5) is 0 Å². The fourth-order valence-corrected chi connectivity index (χ4v) is 8.24. The monoisotopic (exact) mass is 1100 g/mol. The largest absolute Gasteiger partial charge is 0.756 e. The highest BCUT2D eigenvalue weighted by Crippen LogP contribution is 2.38. The van der Waals surface area contributed by atoms with Gasteiger partial charge in [-0.05, 0) is 103 Å². The number of quaternary nitrogens is 1. The van der Waals surface area contributed by atoms with Crippen LogP contribution < -0.4 is 4.89 Å². The first-order chi connectivity index (χ1) is 38.0. The van der Waals surface area contributed by atoms with Gasteiger partial charge in [-0.1, -0.05) is 249 Å². The van der Waals surface area contributed by atoms with E-state index in [0.717, 1.165) is 96.3 Å². The van der Waals surface area contributed by atoms with Gasteiger partial charge in [0, 0.05) is 6.42 Å². The molecule has 0 aromatic heterocycles. The van der Waals surface area contributed by atoms with Gasteiger partial charge in [0.1, 0.15) is 19.8 Å². The fraction of sp³-hybridized carbons (Fsp3) is 0.588. The predicted molar refractivity (Wildman–Crippen MR) is 332 cm³/mol. The van der Waals surface area contributed by atoms with E-state index in [4.69, 9.17) is 18.5 Å². The standard InChI is InChI=1S/C68H110NO8P/c1-6-8-10-12-14-16-18-20-22-23-24-25-26-27-28-29-30-31-32-33-34-35-36-37-38-39-40-41-42-43-44-45-47-49-51-53-55-57-59-61-68(71)77-66(65-76-78(72,73)75-63-62-69(3,4)5)64-74-67(70)60-58-56-54-52-50-48-46-21-19-17-15-13-11-9-7-2/h8-11,14-17,20-22,24-25,27-28,30-31,33-34,36-37,46,50,52,56,58,66H,6-7,12-13,18-19,23,26,29,32,35,38-45,47-49,51,53-55,57,59-65H2,1-5H3/b10-8-,11-9-,16-14-,17-15-,22-20-,25-24-,28-27-,31-30-,34-33-,37-36-,46-21-,52-50-,58-56-. The third-order valence-corrected chi connectivity index (χ3v) is 13.0. The summed E-state index contributed by atoms with van der Waals surface area (Å²) in [6, 6.07) is 0. The van der Waals surface area contributed by atoms with Crippen LogP contribution in [0.25, 0.3) is 0 Å². The second-order valence-corrected chi connectivity index (χ2v) is 22.0. The minimum Gasteiger partial charge on any atom is -0.756 e. The van der Waals surface area contributed by atoms with E-state index >= 15 is 0 Å². The number of esters is 2. The van der Waals surface area contributed by atoms with Crippen LogP contribution in [0.1, 0.15) is 206 Å². The second-order valence-electron chi connectivity index (χ2n) is 20.6. The normalized spacial score (nSPS) is 14.4. The summed E-state index contributed by atoms with van der Waals surface area (Å²) in [7, 11) is 1.10. The van der Waals surface area contributed by atoms with E-state index in [9.17, 15) is 19.0 Å². The topological polar surface area (TPSA) is 111 Å². The van der Waals surface area contributed by atoms with Gasteiger partial charge in [0.05, 0.1) is 34.2 Å². The van der Waals surface area contributed by atoms with Crippen molar-refractivity contribution in [1.82, 2.24) is 0 Å². The molecule has 0 heterocycles. The summed E-state index contributed by atoms with van der Waals surface area (Å²) < 4.78 is 34.0. The Bertz CT molecular complexity index is 1870. The van der Waals surface area contributed by atoms with E-state index in [2.05, 4.69) is 154 Å². The zero-order valence-electron chi connectivity index (χ0n) is 49.8. The molecule has 0 saturated heterocycles. The van der Waals surface area contributed by atoms with E-state index in [0.29, 0.717) is 23.9 Å². The maximum absolute atomic E-state index is 12.8. The predicted octanol–water partition coefficient (Wildman–Crippen LogP) is 18.6. The van der Waals surface area contributed by atoms with Gasteiger partial charge in [-0.3, -0.25) is 14.2 Å². The third kappa shape index (κ3) is 60.9. The smallest absolute Gasteiger partial charge is 0.309 e. The Morgan fingerprint density at radius 1 is 0.410 bits per heavy atom. The molecule has 440 valence electrons. The maximum Gasteiger partial charge on any atom is 0.309 e. The lowest BCUT2D eigenvalue weighted by atomic mass is 10.0. The fourth-order valence-electron chi connectivity index (χ4n) is 7.51. The van der Waals surface area contributed by atoms with Crippen molar-refractivity contribution >= 4 is 19.8 Å². The highest BCUT2D eigenvalue weighted by Gasteiger charge is 2.21. The van der Waals surface area contributed by atoms with E-state index in [1.807, 2.05) is 33.3 Å². The van der Waals surface area contributed by atoms with E-state index in [1.54, 1.807) is 6.08 Å². The summed E-state index contributed by atoms with van der Waals surface area (Å²) >= 11 is 0. The summed E-state index contributed by atoms with van der Waals surface area (Å²) in [5.74, 6) is -0.992. The number of carbonyl (C=O) groups excluding carboxylic acids is 2. The number of rotatable bonds is 53. The van der Waals surface area contributed by atoms with Gasteiger partial charge in [-0.2, -0.15) is 0 Å². The molecule has 0 spiro atoms. The Labute approximate surface area is 477 Å². The Morgan fingerprint density at radius 2 is 0.731 bits per heavy atom. The van der Waals surface area contributed by atoms with Crippen LogP contribution in [0.3, 0.4) is 0 Å². The molecule has 0 amide bonds. The van der Waals surface area contributed by atoms with Crippen LogP contribution in [0.15, 0.2) is 158 Å². The van der Waals surface area contributed by atoms with Crippen molar-refractivity contribution in [1.29, 1.82) is 0 Å². The molecule has 0 aliphatic heterocycles. The van der Waals surface area contributed by atoms with E-state index < -0.39 is 32.5 Å². The first-order valence-corrected chi connectivity index (χ1v) is 31.7. The van der Waals surface area contributed by atoms with Crippen LogP contribution in [0, 0.1) is 0 Å². The van der Waals surface area contributed by atoms with Crippen LogP contribution in [0.2, 0.25) is 0 Å². The molecule has 0 aromatic rings. The van der Waals surface area contributed by atoms with Gasteiger partial charge >= 0.3 is 11.9 Å². The van der Waals surface area contributed by atoms with Crippen molar-refractivity contribution < 1.29 is 42.1 Å². The van der Waals surface area contributed by atoms with E-state index in [-0.39, 0.29) is 26.1 Å². The molecule has 2 atom stereocenters. The summed E-state index contributed by atoms with van der Waals surface area (Å²) in [5.41, 5.74) is 0. The molecule has 0 N–H and O–H groups in total. The maximum atomic E-state index is 12.8. The molecule has 0 fully saturated rings. The Kier molecular flexibility index (Phi) is 54.1. The number of phosphoric acid groups is 1. The van der Waals surface area contributed by atoms with Crippen LogP contribution in [-0.4, -0.2) is 70.0 Å². The minimum absolute atomic E-state index is 0.0373. The molecular formula is C68H110NO8P. The van der Waals surface area contributed by atoms with Gasteiger partial charge in [-0.25, -0.2) is 0 Å². The van der Waals surface area contributed by atoms with Gasteiger partial charge in [0.25, 0.3) is 7.82 Å². The van der Waals surface area contributed by atoms with Gasteiger partial charge in [0.2, 0.25) is 0 Å². The second kappa shape index (κ2) is 57.3. The van der Waals surface area contributed by atoms with Crippen molar-refractivity contribution in [3.8, 4) is 0 Å². The SMILES string of the molecule is CC/C=C\C/C=C\C/C=C\C/C=C\C/C=C\C/C=C\C/C=C\C/C=C\CCCCCCCCCCCCCCCCC(=O)OC(COC(=O)C/C=C\C/C=C\C/C=C\C/C=C\C/C=C\CC)COP(=O)([O-])OCC[N+](C)(C)C. The number of ether oxygens (including phenoxy) is 2. The van der Waals surface area contributed by atoms with Crippen LogP contribution >= 0.6 is 7.82 Å². The zero-order chi connectivity index (χ0) is 57.0. The Balaban J connectivity index is 4.11. The van der Waals surface area contributed by atoms with Crippen molar-refractivity contribution in [2.75, 3.05) is 47.5 Å². The highest BCUT2D eigenvalue weighted by atomic mass is 31.2. The molecular weight excluding hydrogens is 990 g/mol. The number of hydrogen-bond donors (Lipinski definition) is 0. The lowest BCUT2D eigenvalue weighted by Gasteiger charge is -2.28. The quantitative estimate of drug-likeness (QED) is 0.0195. The number of unbranched alkanes of at least 4 members (excludes halogenated alkanes) is 14. The van der Waals surface area contributed by atoms with Gasteiger partial charge in [0.15, 0.2) is 6.10 Å². The van der Waals surface area contributed by atoms with Crippen molar-refractivity contribution in [3.63, 3.8) is 0 Å². The van der Waals surface area contributed by atoms with Crippen molar-refractivity contribution in [2.45, 2.75) is 213 Å². The molecule has 0 rings (SSSR count). The zero-order valence-corrected chi connectivity index (χ0v) is 50.7. The van der Waals surface area contributed by atoms with Gasteiger partial charge in [-0.15, -0.1) is 0 Å². The molecule has 2 unspecified atom stereocenters. The summed E-state index contributed by atoms with van der Waals surface area (Å²) in [6.45, 7) is 3.87. The molecule has 78 heavy (non-hydrogen) atoms. The number of nitrogens with zero attached hydrogens (tertiary/aromatic N) is 1. The molecule has 0 aliphatic carbocycles. The summed E-state index contributed by atoms with van der Waals surface area (Å²) in [4.78, 5) is 37.7. The molecule has 0 bridgehead atoms. The Hall–Kier alpha value is -4.37. The molecule has 0 aliphatic rings. The lowest BCUT2D eigenvalue weighted by molar-refractivity contribution is -0.870. The van der Waals surface area contributed by atoms with Crippen LogP contribution in [0.5, 0.6) is 0 Å². The highest BCUT2D eigenvalue weighted by molar-refractivity contribution is 7.45. The summed E-state index contributed by atoms with van der Waals surface area (Å²) in [6.07, 6.45) is 86.3. The Morgan fingerprint density at radius 3 is 1.09 bits per heavy atom. The minimum atomic E-state index is -4.66. The molecule has 0 saturated carbocycles. The molecule has 9 nitrogen and oxygen atoms in total. The average Bonchev–Trinajstić information content (AvgIpc) is 3.41. The van der Waals surface area contributed by atoms with Gasteiger partial charge < -0.3 is 27.9 Å². The molecule has 10 heteroatoms. The number of phosphoric ester groups is 1. The first kappa shape index (κ1) is 73.6. The van der Waals surface area contributed by atoms with Crippen molar-refractivity contribution in [2.24, 2.45) is 0 Å². The first-order valence-electron chi connectivity index (χ1n) is 30.2. The summed E-state index contributed by atoms with van der Waals surface area (Å²) in [5, 5.41) is 0. The number of hydrogen-bond acceptors (Lipinski definition) is 8. The van der Waals surface area contributed by atoms with Crippen molar-refractivity contribution in [3.05, 3.63) is 158 Å². The average molecular weight is 1100 g/mol.